The van der Waals surface area contributed by atoms with Crippen LogP contribution in [0.15, 0.2) is 36.5 Å². The third-order valence-corrected chi connectivity index (χ3v) is 3.08. The van der Waals surface area contributed by atoms with E-state index in [2.05, 4.69) is 4.98 Å². The summed E-state index contributed by atoms with van der Waals surface area (Å²) in [5.74, 6) is -2.70. The summed E-state index contributed by atoms with van der Waals surface area (Å²) in [6, 6.07) is 7.35. The molecule has 0 fully saturated rings. The number of rotatable bonds is 4. The van der Waals surface area contributed by atoms with E-state index in [0.717, 1.165) is 12.1 Å². The molecule has 0 aliphatic heterocycles. The highest BCUT2D eigenvalue weighted by atomic mass is 19.1. The summed E-state index contributed by atoms with van der Waals surface area (Å²) < 4.78 is 27.7. The minimum absolute atomic E-state index is 0.170. The minimum atomic E-state index is -1.03. The fraction of sp³-hybridized carbons (Fsp3) is 0.200. The van der Waals surface area contributed by atoms with E-state index >= 15 is 0 Å². The van der Waals surface area contributed by atoms with Crippen molar-refractivity contribution in [3.05, 3.63) is 59.4 Å². The molecule has 21 heavy (non-hydrogen) atoms. The van der Waals surface area contributed by atoms with Crippen LogP contribution >= 0.6 is 0 Å². The molecule has 0 unspecified atom stereocenters. The van der Waals surface area contributed by atoms with E-state index in [1.54, 1.807) is 31.3 Å². The summed E-state index contributed by atoms with van der Waals surface area (Å²) in [7, 11) is 0. The van der Waals surface area contributed by atoms with Crippen LogP contribution in [0.4, 0.5) is 14.5 Å². The second-order valence-corrected chi connectivity index (χ2v) is 4.47. The number of hydrogen-bond donors (Lipinski definition) is 1. The summed E-state index contributed by atoms with van der Waals surface area (Å²) in [6.07, 6.45) is 1.59. The van der Waals surface area contributed by atoms with Gasteiger partial charge in [0.2, 0.25) is 0 Å². The van der Waals surface area contributed by atoms with Gasteiger partial charge in [0.15, 0.2) is 5.82 Å². The predicted molar refractivity (Wildman–Crippen MR) is 75.4 cm³/mol. The molecule has 0 saturated heterocycles. The zero-order chi connectivity index (χ0) is 15.4. The first-order valence-electron chi connectivity index (χ1n) is 6.47. The molecule has 0 radical (unpaired) electrons. The molecule has 0 aliphatic carbocycles. The molecule has 1 heterocycles. The highest BCUT2D eigenvalue weighted by Crippen LogP contribution is 2.21. The number of amides is 1. The molecule has 0 atom stereocenters. The van der Waals surface area contributed by atoms with Crippen LogP contribution in [0.25, 0.3) is 0 Å². The number of benzene rings is 1. The molecule has 1 aromatic heterocycles. The molecule has 1 amide bonds. The van der Waals surface area contributed by atoms with Crippen molar-refractivity contribution in [2.75, 3.05) is 12.3 Å². The molecular weight excluding hydrogens is 276 g/mol. The van der Waals surface area contributed by atoms with Gasteiger partial charge in [0, 0.05) is 12.7 Å². The maximum Gasteiger partial charge on any atom is 0.260 e. The Balaban J connectivity index is 2.31. The van der Waals surface area contributed by atoms with Gasteiger partial charge in [-0.25, -0.2) is 8.78 Å². The number of pyridine rings is 1. The maximum atomic E-state index is 13.9. The molecule has 4 nitrogen and oxygen atoms in total. The third kappa shape index (κ3) is 3.16. The molecule has 2 N–H and O–H groups in total. The number of nitrogens with two attached hydrogens (primary N) is 1. The standard InChI is InChI=1S/C15H15F2N3O/c1-2-20(9-10-5-3-4-8-19-10)15(21)13-11(16)6-7-12(18)14(13)17/h3-8H,2,9,18H2,1H3. The molecule has 2 rings (SSSR count). The van der Waals surface area contributed by atoms with Gasteiger partial charge in [-0.3, -0.25) is 9.78 Å². The van der Waals surface area contributed by atoms with E-state index in [-0.39, 0.29) is 12.2 Å². The highest BCUT2D eigenvalue weighted by Gasteiger charge is 2.24. The first-order valence-corrected chi connectivity index (χ1v) is 6.47. The average molecular weight is 291 g/mol. The van der Waals surface area contributed by atoms with Gasteiger partial charge in [0.05, 0.1) is 17.9 Å². The largest absolute Gasteiger partial charge is 0.396 e. The van der Waals surface area contributed by atoms with E-state index in [1.807, 2.05) is 0 Å². The van der Waals surface area contributed by atoms with Crippen LogP contribution in [0, 0.1) is 11.6 Å². The van der Waals surface area contributed by atoms with E-state index in [0.29, 0.717) is 12.2 Å². The number of nitrogen functional groups attached to an aromatic ring is 1. The lowest BCUT2D eigenvalue weighted by atomic mass is 10.1. The molecule has 0 aliphatic rings. The summed E-state index contributed by atoms with van der Waals surface area (Å²) in [5, 5.41) is 0. The van der Waals surface area contributed by atoms with Gasteiger partial charge >= 0.3 is 0 Å². The number of halogens is 2. The molecule has 6 heteroatoms. The second-order valence-electron chi connectivity index (χ2n) is 4.47. The molecule has 110 valence electrons. The molecule has 0 spiro atoms. The fourth-order valence-corrected chi connectivity index (χ4v) is 1.94. The Morgan fingerprint density at radius 1 is 1.29 bits per heavy atom. The lowest BCUT2D eigenvalue weighted by Crippen LogP contribution is -2.32. The highest BCUT2D eigenvalue weighted by molar-refractivity contribution is 5.95. The van der Waals surface area contributed by atoms with Gasteiger partial charge in [-0.05, 0) is 31.2 Å². The van der Waals surface area contributed by atoms with Crippen molar-refractivity contribution in [1.82, 2.24) is 9.88 Å². The quantitative estimate of drug-likeness (QED) is 0.881. The Morgan fingerprint density at radius 3 is 2.67 bits per heavy atom. The van der Waals surface area contributed by atoms with Gasteiger partial charge in [-0.1, -0.05) is 6.07 Å². The maximum absolute atomic E-state index is 13.9. The summed E-state index contributed by atoms with van der Waals surface area (Å²) >= 11 is 0. The topological polar surface area (TPSA) is 59.2 Å². The number of carbonyl (C=O) groups is 1. The van der Waals surface area contributed by atoms with E-state index in [9.17, 15) is 13.6 Å². The Morgan fingerprint density at radius 2 is 2.05 bits per heavy atom. The number of hydrogen-bond acceptors (Lipinski definition) is 3. The fourth-order valence-electron chi connectivity index (χ4n) is 1.94. The van der Waals surface area contributed by atoms with Crippen molar-refractivity contribution < 1.29 is 13.6 Å². The van der Waals surface area contributed by atoms with Gasteiger partial charge in [0.25, 0.3) is 5.91 Å². The summed E-state index contributed by atoms with van der Waals surface area (Å²) in [5.41, 5.74) is 5.15. The average Bonchev–Trinajstić information content (AvgIpc) is 2.50. The zero-order valence-corrected chi connectivity index (χ0v) is 11.5. The Bertz CT molecular complexity index is 647. The van der Waals surface area contributed by atoms with E-state index < -0.39 is 23.1 Å². The van der Waals surface area contributed by atoms with Crippen LogP contribution in [0.5, 0.6) is 0 Å². The first kappa shape index (κ1) is 14.9. The first-order chi connectivity index (χ1) is 10.0. The molecule has 2 aromatic rings. The van der Waals surface area contributed by atoms with Crippen molar-refractivity contribution in [2.45, 2.75) is 13.5 Å². The van der Waals surface area contributed by atoms with E-state index in [4.69, 9.17) is 5.73 Å². The lowest BCUT2D eigenvalue weighted by molar-refractivity contribution is 0.0741. The van der Waals surface area contributed by atoms with Crippen LogP contribution in [-0.2, 0) is 6.54 Å². The monoisotopic (exact) mass is 291 g/mol. The van der Waals surface area contributed by atoms with Crippen molar-refractivity contribution in [1.29, 1.82) is 0 Å². The van der Waals surface area contributed by atoms with Crippen molar-refractivity contribution in [2.24, 2.45) is 0 Å². The van der Waals surface area contributed by atoms with Gasteiger partial charge in [0.1, 0.15) is 11.4 Å². The van der Waals surface area contributed by atoms with E-state index in [1.165, 1.54) is 4.90 Å². The second kappa shape index (κ2) is 6.30. The molecule has 0 bridgehead atoms. The Hall–Kier alpha value is -2.50. The summed E-state index contributed by atoms with van der Waals surface area (Å²) in [4.78, 5) is 17.7. The third-order valence-electron chi connectivity index (χ3n) is 3.08. The predicted octanol–water partition coefficient (Wildman–Crippen LogP) is 2.60. The Labute approximate surface area is 121 Å². The normalized spacial score (nSPS) is 10.4. The zero-order valence-electron chi connectivity index (χ0n) is 11.5. The smallest absolute Gasteiger partial charge is 0.260 e. The van der Waals surface area contributed by atoms with Crippen LogP contribution in [0.2, 0.25) is 0 Å². The van der Waals surface area contributed by atoms with Gasteiger partial charge in [-0.2, -0.15) is 0 Å². The number of aromatic nitrogens is 1. The van der Waals surface area contributed by atoms with Crippen molar-refractivity contribution >= 4 is 11.6 Å². The van der Waals surface area contributed by atoms with Crippen LogP contribution < -0.4 is 5.73 Å². The van der Waals surface area contributed by atoms with Gasteiger partial charge < -0.3 is 10.6 Å². The molecule has 1 aromatic carbocycles. The number of anilines is 1. The molecular formula is C15H15F2N3O. The lowest BCUT2D eigenvalue weighted by Gasteiger charge is -2.21. The Kier molecular flexibility index (Phi) is 4.47. The van der Waals surface area contributed by atoms with Crippen LogP contribution in [-0.4, -0.2) is 22.3 Å². The number of nitrogens with zero attached hydrogens (tertiary/aromatic N) is 2. The number of carbonyl (C=O) groups excluding carboxylic acids is 1. The van der Waals surface area contributed by atoms with Crippen molar-refractivity contribution in [3.8, 4) is 0 Å². The SMILES string of the molecule is CCN(Cc1ccccn1)C(=O)c1c(F)ccc(N)c1F. The summed E-state index contributed by atoms with van der Waals surface area (Å²) in [6.45, 7) is 2.19. The minimum Gasteiger partial charge on any atom is -0.396 e. The van der Waals surface area contributed by atoms with Gasteiger partial charge in [-0.15, -0.1) is 0 Å². The molecule has 0 saturated carbocycles. The van der Waals surface area contributed by atoms with Crippen molar-refractivity contribution in [3.63, 3.8) is 0 Å². The van der Waals surface area contributed by atoms with Crippen LogP contribution in [0.3, 0.4) is 0 Å². The van der Waals surface area contributed by atoms with Crippen LogP contribution in [0.1, 0.15) is 23.0 Å².